The second-order valence-electron chi connectivity index (χ2n) is 5.50. The quantitative estimate of drug-likeness (QED) is 0.203. The molecule has 0 atom stereocenters. The smallest absolute Gasteiger partial charge is 0.283 e. The van der Waals surface area contributed by atoms with Crippen molar-refractivity contribution in [1.82, 2.24) is 9.97 Å². The summed E-state index contributed by atoms with van der Waals surface area (Å²) in [6.45, 7) is 0. The first kappa shape index (κ1) is 18.9. The molecule has 0 radical (unpaired) electrons. The number of ketones is 1. The maximum absolute atomic E-state index is 12.2. The van der Waals surface area contributed by atoms with E-state index in [1.165, 1.54) is 18.2 Å². The molecule has 28 heavy (non-hydrogen) atoms. The van der Waals surface area contributed by atoms with Crippen molar-refractivity contribution in [3.8, 4) is 6.07 Å². The normalized spacial score (nSPS) is 10.5. The van der Waals surface area contributed by atoms with Crippen molar-refractivity contribution in [1.29, 1.82) is 5.26 Å². The fourth-order valence-corrected chi connectivity index (χ4v) is 3.08. The zero-order valence-corrected chi connectivity index (χ0v) is 15.2. The number of hydrogen-bond acceptors (Lipinski definition) is 7. The summed E-state index contributed by atoms with van der Waals surface area (Å²) in [6.07, 6.45) is 5.98. The summed E-state index contributed by atoms with van der Waals surface area (Å²) in [4.78, 5) is 31.7. The lowest BCUT2D eigenvalue weighted by Gasteiger charge is -2.03. The van der Waals surface area contributed by atoms with E-state index in [1.54, 1.807) is 54.9 Å². The summed E-state index contributed by atoms with van der Waals surface area (Å²) in [5.74, 6) is -0.261. The summed E-state index contributed by atoms with van der Waals surface area (Å²) in [7, 11) is 0. The average Bonchev–Trinajstić information content (AvgIpc) is 2.73. The Morgan fingerprint density at radius 1 is 1.14 bits per heavy atom. The Balaban J connectivity index is 1.81. The van der Waals surface area contributed by atoms with Crippen LogP contribution in [0.3, 0.4) is 0 Å². The van der Waals surface area contributed by atoms with E-state index < -0.39 is 4.92 Å². The van der Waals surface area contributed by atoms with Gasteiger partial charge in [-0.15, -0.1) is 0 Å². The molecule has 0 amide bonds. The highest BCUT2D eigenvalue weighted by atomic mass is 32.2. The number of nitro groups is 1. The second-order valence-corrected chi connectivity index (χ2v) is 6.51. The molecule has 3 aromatic rings. The van der Waals surface area contributed by atoms with Crippen LogP contribution in [-0.2, 0) is 0 Å². The number of carbonyl (C=O) groups is 1. The summed E-state index contributed by atoms with van der Waals surface area (Å²) in [6, 6.07) is 14.6. The van der Waals surface area contributed by atoms with Gasteiger partial charge < -0.3 is 0 Å². The molecule has 1 heterocycles. The van der Waals surface area contributed by atoms with E-state index >= 15 is 0 Å². The molecular weight excluding hydrogens is 376 g/mol. The van der Waals surface area contributed by atoms with Crippen LogP contribution in [-0.4, -0.2) is 20.7 Å². The van der Waals surface area contributed by atoms with Crippen LogP contribution in [0.5, 0.6) is 0 Å². The standard InChI is InChI=1S/C20H12N4O3S/c21-13-15-2-6-16(7-3-15)18(25)8-4-14-5-9-19(17(12-14)24(26)27)28-20-22-10-1-11-23-20/h1-12H. The van der Waals surface area contributed by atoms with Crippen molar-refractivity contribution >= 4 is 29.3 Å². The molecule has 0 spiro atoms. The molecule has 0 N–H and O–H groups in total. The Kier molecular flexibility index (Phi) is 5.89. The Hall–Kier alpha value is -3.83. The van der Waals surface area contributed by atoms with Gasteiger partial charge in [0.2, 0.25) is 0 Å². The minimum absolute atomic E-state index is 0.0922. The fraction of sp³-hybridized carbons (Fsp3) is 0. The van der Waals surface area contributed by atoms with Crippen molar-refractivity contribution in [2.75, 3.05) is 0 Å². The fourth-order valence-electron chi connectivity index (χ4n) is 2.28. The summed E-state index contributed by atoms with van der Waals surface area (Å²) < 4.78 is 0. The number of hydrogen-bond donors (Lipinski definition) is 0. The Labute approximate surface area is 164 Å². The van der Waals surface area contributed by atoms with E-state index in [0.717, 1.165) is 11.8 Å². The molecule has 0 saturated heterocycles. The number of nitriles is 1. The number of carbonyl (C=O) groups excluding carboxylic acids is 1. The van der Waals surface area contributed by atoms with Gasteiger partial charge in [-0.25, -0.2) is 9.97 Å². The van der Waals surface area contributed by atoms with Gasteiger partial charge in [-0.1, -0.05) is 12.1 Å². The predicted molar refractivity (Wildman–Crippen MR) is 104 cm³/mol. The largest absolute Gasteiger partial charge is 0.289 e. The molecular formula is C20H12N4O3S. The van der Waals surface area contributed by atoms with E-state index in [-0.39, 0.29) is 11.5 Å². The van der Waals surface area contributed by atoms with Crippen LogP contribution >= 0.6 is 11.8 Å². The molecule has 0 aliphatic rings. The first-order valence-electron chi connectivity index (χ1n) is 8.03. The number of rotatable bonds is 6. The SMILES string of the molecule is N#Cc1ccc(C(=O)C=Cc2ccc(Sc3ncccn3)c([N+](=O)[O-])c2)cc1. The van der Waals surface area contributed by atoms with E-state index in [1.807, 2.05) is 6.07 Å². The maximum Gasteiger partial charge on any atom is 0.283 e. The minimum atomic E-state index is -0.481. The summed E-state index contributed by atoms with van der Waals surface area (Å²) in [5, 5.41) is 20.6. The highest BCUT2D eigenvalue weighted by Crippen LogP contribution is 2.33. The molecule has 0 aliphatic carbocycles. The number of nitro benzene ring substituents is 1. The molecule has 0 unspecified atom stereocenters. The molecule has 0 aliphatic heterocycles. The van der Waals surface area contributed by atoms with Crippen LogP contribution in [0.4, 0.5) is 5.69 Å². The molecule has 2 aromatic carbocycles. The van der Waals surface area contributed by atoms with Gasteiger partial charge >= 0.3 is 0 Å². The van der Waals surface area contributed by atoms with Gasteiger partial charge in [0.1, 0.15) is 0 Å². The van der Waals surface area contributed by atoms with Crippen molar-refractivity contribution < 1.29 is 9.72 Å². The van der Waals surface area contributed by atoms with E-state index in [9.17, 15) is 14.9 Å². The van der Waals surface area contributed by atoms with Crippen molar-refractivity contribution in [2.45, 2.75) is 10.1 Å². The van der Waals surface area contributed by atoms with Gasteiger partial charge in [0.05, 0.1) is 21.5 Å². The van der Waals surface area contributed by atoms with Gasteiger partial charge in [0.25, 0.3) is 5.69 Å². The third-order valence-corrected chi connectivity index (χ3v) is 4.61. The van der Waals surface area contributed by atoms with Crippen LogP contribution in [0, 0.1) is 21.4 Å². The van der Waals surface area contributed by atoms with Gasteiger partial charge in [-0.2, -0.15) is 5.26 Å². The van der Waals surface area contributed by atoms with Gasteiger partial charge in [0, 0.05) is 24.0 Å². The Morgan fingerprint density at radius 2 is 1.86 bits per heavy atom. The molecule has 0 fully saturated rings. The predicted octanol–water partition coefficient (Wildman–Crippen LogP) is 4.30. The van der Waals surface area contributed by atoms with Crippen LogP contribution in [0.1, 0.15) is 21.5 Å². The minimum Gasteiger partial charge on any atom is -0.289 e. The van der Waals surface area contributed by atoms with Crippen LogP contribution in [0.2, 0.25) is 0 Å². The Morgan fingerprint density at radius 3 is 2.50 bits per heavy atom. The first-order chi connectivity index (χ1) is 13.6. The maximum atomic E-state index is 12.2. The molecule has 0 bridgehead atoms. The van der Waals surface area contributed by atoms with Crippen LogP contribution < -0.4 is 0 Å². The van der Waals surface area contributed by atoms with Crippen molar-refractivity contribution in [3.05, 3.63) is 93.8 Å². The molecule has 8 heteroatoms. The number of allylic oxidation sites excluding steroid dienone is 1. The molecule has 0 saturated carbocycles. The van der Waals surface area contributed by atoms with Gasteiger partial charge in [0.15, 0.2) is 10.9 Å². The summed E-state index contributed by atoms with van der Waals surface area (Å²) in [5.41, 5.74) is 1.32. The Bertz CT molecular complexity index is 1090. The van der Waals surface area contributed by atoms with Gasteiger partial charge in [-0.05, 0) is 59.8 Å². The average molecular weight is 388 g/mol. The zero-order chi connectivity index (χ0) is 19.9. The summed E-state index contributed by atoms with van der Waals surface area (Å²) >= 11 is 1.09. The third kappa shape index (κ3) is 4.66. The lowest BCUT2D eigenvalue weighted by Crippen LogP contribution is -1.95. The lowest BCUT2D eigenvalue weighted by molar-refractivity contribution is -0.387. The van der Waals surface area contributed by atoms with E-state index in [2.05, 4.69) is 9.97 Å². The molecule has 3 rings (SSSR count). The molecule has 1 aromatic heterocycles. The van der Waals surface area contributed by atoms with Gasteiger partial charge in [-0.3, -0.25) is 14.9 Å². The topological polar surface area (TPSA) is 110 Å². The highest BCUT2D eigenvalue weighted by Gasteiger charge is 2.16. The monoisotopic (exact) mass is 388 g/mol. The number of benzene rings is 2. The molecule has 7 nitrogen and oxygen atoms in total. The number of nitrogens with zero attached hydrogens (tertiary/aromatic N) is 4. The van der Waals surface area contributed by atoms with Crippen LogP contribution in [0.15, 0.2) is 77.1 Å². The molecule has 136 valence electrons. The number of aromatic nitrogens is 2. The van der Waals surface area contributed by atoms with E-state index in [0.29, 0.717) is 26.7 Å². The first-order valence-corrected chi connectivity index (χ1v) is 8.84. The van der Waals surface area contributed by atoms with E-state index in [4.69, 9.17) is 5.26 Å². The zero-order valence-electron chi connectivity index (χ0n) is 14.4. The van der Waals surface area contributed by atoms with Crippen molar-refractivity contribution in [3.63, 3.8) is 0 Å². The van der Waals surface area contributed by atoms with Crippen molar-refractivity contribution in [2.24, 2.45) is 0 Å². The second kappa shape index (κ2) is 8.70. The third-order valence-electron chi connectivity index (χ3n) is 3.65. The van der Waals surface area contributed by atoms with Crippen LogP contribution in [0.25, 0.3) is 6.08 Å². The highest BCUT2D eigenvalue weighted by molar-refractivity contribution is 7.99. The lowest BCUT2D eigenvalue weighted by atomic mass is 10.1.